The first-order valence-corrected chi connectivity index (χ1v) is 7.97. The van der Waals surface area contributed by atoms with Gasteiger partial charge in [-0.1, -0.05) is 12.1 Å². The van der Waals surface area contributed by atoms with Gasteiger partial charge in [0.15, 0.2) is 0 Å². The fourth-order valence-electron chi connectivity index (χ4n) is 2.27. The zero-order valence-corrected chi connectivity index (χ0v) is 15.0. The standard InChI is InChI=1S/C19H22N2O5/c1-24-14-6-4-13(5-7-14)10-18(22)20-12-19(23)21-16-9-8-15(25-2)11-17(16)26-3/h4-9,11H,10,12H2,1-3H3,(H,20,22)(H,21,23). The molecule has 2 aromatic rings. The Morgan fingerprint density at radius 3 is 2.12 bits per heavy atom. The fraction of sp³-hybridized carbons (Fsp3) is 0.263. The number of hydrogen-bond donors (Lipinski definition) is 2. The molecule has 2 N–H and O–H groups in total. The topological polar surface area (TPSA) is 85.9 Å². The lowest BCUT2D eigenvalue weighted by molar-refractivity contribution is -0.123. The average Bonchev–Trinajstić information content (AvgIpc) is 2.67. The Morgan fingerprint density at radius 1 is 0.846 bits per heavy atom. The van der Waals surface area contributed by atoms with E-state index in [1.165, 1.54) is 7.11 Å². The predicted molar refractivity (Wildman–Crippen MR) is 97.9 cm³/mol. The van der Waals surface area contributed by atoms with Crippen LogP contribution in [0.15, 0.2) is 42.5 Å². The van der Waals surface area contributed by atoms with Crippen LogP contribution in [0.25, 0.3) is 0 Å². The van der Waals surface area contributed by atoms with Gasteiger partial charge in [0.1, 0.15) is 17.2 Å². The minimum Gasteiger partial charge on any atom is -0.497 e. The van der Waals surface area contributed by atoms with Crippen LogP contribution < -0.4 is 24.8 Å². The Hall–Kier alpha value is -3.22. The summed E-state index contributed by atoms with van der Waals surface area (Å²) in [5, 5.41) is 5.29. The maximum absolute atomic E-state index is 12.0. The monoisotopic (exact) mass is 358 g/mol. The molecule has 0 heterocycles. The number of carbonyl (C=O) groups is 2. The van der Waals surface area contributed by atoms with E-state index in [4.69, 9.17) is 14.2 Å². The van der Waals surface area contributed by atoms with Crippen LogP contribution >= 0.6 is 0 Å². The van der Waals surface area contributed by atoms with E-state index in [0.717, 1.165) is 11.3 Å². The van der Waals surface area contributed by atoms with Gasteiger partial charge in [0.2, 0.25) is 11.8 Å². The molecule has 0 aromatic heterocycles. The molecule has 0 spiro atoms. The summed E-state index contributed by atoms with van der Waals surface area (Å²) >= 11 is 0. The van der Waals surface area contributed by atoms with E-state index >= 15 is 0 Å². The summed E-state index contributed by atoms with van der Waals surface area (Å²) in [5.41, 5.74) is 1.34. The highest BCUT2D eigenvalue weighted by molar-refractivity contribution is 5.96. The largest absolute Gasteiger partial charge is 0.497 e. The molecule has 0 fully saturated rings. The summed E-state index contributed by atoms with van der Waals surface area (Å²) in [7, 11) is 4.63. The molecule has 7 nitrogen and oxygen atoms in total. The Balaban J connectivity index is 1.85. The van der Waals surface area contributed by atoms with Gasteiger partial charge in [-0.25, -0.2) is 0 Å². The zero-order chi connectivity index (χ0) is 18.9. The average molecular weight is 358 g/mol. The second-order valence-corrected chi connectivity index (χ2v) is 5.42. The molecule has 0 radical (unpaired) electrons. The van der Waals surface area contributed by atoms with E-state index < -0.39 is 0 Å². The number of carbonyl (C=O) groups excluding carboxylic acids is 2. The van der Waals surface area contributed by atoms with Gasteiger partial charge >= 0.3 is 0 Å². The highest BCUT2D eigenvalue weighted by atomic mass is 16.5. The zero-order valence-electron chi connectivity index (χ0n) is 15.0. The second kappa shape index (κ2) is 9.31. The van der Waals surface area contributed by atoms with Gasteiger partial charge in [0.25, 0.3) is 0 Å². The van der Waals surface area contributed by atoms with Crippen molar-refractivity contribution in [2.45, 2.75) is 6.42 Å². The molecule has 0 aliphatic heterocycles. The predicted octanol–water partition coefficient (Wildman–Crippen LogP) is 2.01. The van der Waals surface area contributed by atoms with Crippen molar-refractivity contribution in [3.8, 4) is 17.2 Å². The summed E-state index contributed by atoms with van der Waals surface area (Å²) in [5.74, 6) is 1.22. The van der Waals surface area contributed by atoms with E-state index in [0.29, 0.717) is 17.2 Å². The lowest BCUT2D eigenvalue weighted by Gasteiger charge is -2.12. The van der Waals surface area contributed by atoms with Crippen LogP contribution in [-0.2, 0) is 16.0 Å². The van der Waals surface area contributed by atoms with Crippen molar-refractivity contribution in [1.29, 1.82) is 0 Å². The van der Waals surface area contributed by atoms with Gasteiger partial charge in [-0.05, 0) is 29.8 Å². The number of hydrogen-bond acceptors (Lipinski definition) is 5. The van der Waals surface area contributed by atoms with Crippen LogP contribution in [0.3, 0.4) is 0 Å². The van der Waals surface area contributed by atoms with Crippen molar-refractivity contribution in [2.75, 3.05) is 33.2 Å². The smallest absolute Gasteiger partial charge is 0.243 e. The molecular formula is C19H22N2O5. The first kappa shape index (κ1) is 19.1. The van der Waals surface area contributed by atoms with Crippen molar-refractivity contribution in [3.63, 3.8) is 0 Å². The van der Waals surface area contributed by atoms with Crippen LogP contribution in [-0.4, -0.2) is 39.7 Å². The maximum atomic E-state index is 12.0. The van der Waals surface area contributed by atoms with Gasteiger partial charge in [0.05, 0.1) is 40.0 Å². The minimum absolute atomic E-state index is 0.135. The minimum atomic E-state index is -0.350. The van der Waals surface area contributed by atoms with Gasteiger partial charge in [-0.15, -0.1) is 0 Å². The van der Waals surface area contributed by atoms with Gasteiger partial charge < -0.3 is 24.8 Å². The number of ether oxygens (including phenoxy) is 3. The SMILES string of the molecule is COc1ccc(CC(=O)NCC(=O)Nc2ccc(OC)cc2OC)cc1. The van der Waals surface area contributed by atoms with E-state index in [1.54, 1.807) is 56.7 Å². The fourth-order valence-corrected chi connectivity index (χ4v) is 2.27. The number of rotatable bonds is 8. The lowest BCUT2D eigenvalue weighted by Crippen LogP contribution is -2.33. The number of nitrogens with one attached hydrogen (secondary N) is 2. The summed E-state index contributed by atoms with van der Waals surface area (Å²) in [6.07, 6.45) is 0.184. The summed E-state index contributed by atoms with van der Waals surface area (Å²) < 4.78 is 15.4. The molecule has 0 aliphatic rings. The van der Waals surface area contributed by atoms with E-state index in [-0.39, 0.29) is 24.8 Å². The van der Waals surface area contributed by atoms with Crippen LogP contribution in [0.1, 0.15) is 5.56 Å². The Kier molecular flexibility index (Phi) is 6.84. The molecule has 0 unspecified atom stereocenters. The molecule has 0 aliphatic carbocycles. The highest BCUT2D eigenvalue weighted by Crippen LogP contribution is 2.28. The van der Waals surface area contributed by atoms with Crippen molar-refractivity contribution in [2.24, 2.45) is 0 Å². The Bertz CT molecular complexity index is 759. The third-order valence-electron chi connectivity index (χ3n) is 3.65. The summed E-state index contributed by atoms with van der Waals surface area (Å²) in [6.45, 7) is -0.135. The molecule has 7 heteroatoms. The van der Waals surface area contributed by atoms with Crippen molar-refractivity contribution >= 4 is 17.5 Å². The molecule has 138 valence electrons. The third-order valence-corrected chi connectivity index (χ3v) is 3.65. The Labute approximate surface area is 152 Å². The highest BCUT2D eigenvalue weighted by Gasteiger charge is 2.10. The van der Waals surface area contributed by atoms with Crippen LogP contribution in [0.5, 0.6) is 17.2 Å². The number of benzene rings is 2. The first-order valence-electron chi connectivity index (χ1n) is 7.97. The molecule has 2 rings (SSSR count). The van der Waals surface area contributed by atoms with Crippen LogP contribution in [0.4, 0.5) is 5.69 Å². The quantitative estimate of drug-likeness (QED) is 0.754. The molecule has 0 bridgehead atoms. The molecule has 2 amide bonds. The lowest BCUT2D eigenvalue weighted by atomic mass is 10.1. The first-order chi connectivity index (χ1) is 12.5. The van der Waals surface area contributed by atoms with E-state index in [2.05, 4.69) is 10.6 Å². The van der Waals surface area contributed by atoms with Crippen molar-refractivity contribution < 1.29 is 23.8 Å². The molecule has 0 atom stereocenters. The van der Waals surface area contributed by atoms with Crippen LogP contribution in [0, 0.1) is 0 Å². The molecule has 26 heavy (non-hydrogen) atoms. The number of methoxy groups -OCH3 is 3. The molecule has 2 aromatic carbocycles. The van der Waals surface area contributed by atoms with E-state index in [9.17, 15) is 9.59 Å². The number of anilines is 1. The van der Waals surface area contributed by atoms with E-state index in [1.807, 2.05) is 0 Å². The van der Waals surface area contributed by atoms with Crippen LogP contribution in [0.2, 0.25) is 0 Å². The van der Waals surface area contributed by atoms with Gasteiger partial charge in [-0.3, -0.25) is 9.59 Å². The third kappa shape index (κ3) is 5.41. The maximum Gasteiger partial charge on any atom is 0.243 e. The van der Waals surface area contributed by atoms with Crippen molar-refractivity contribution in [1.82, 2.24) is 5.32 Å². The summed E-state index contributed by atoms with van der Waals surface area (Å²) in [6, 6.07) is 12.2. The summed E-state index contributed by atoms with van der Waals surface area (Å²) in [4.78, 5) is 24.0. The normalized spacial score (nSPS) is 9.96. The van der Waals surface area contributed by atoms with Crippen molar-refractivity contribution in [3.05, 3.63) is 48.0 Å². The van der Waals surface area contributed by atoms with Gasteiger partial charge in [0, 0.05) is 6.07 Å². The molecular weight excluding hydrogens is 336 g/mol. The Morgan fingerprint density at radius 2 is 1.50 bits per heavy atom. The van der Waals surface area contributed by atoms with Gasteiger partial charge in [-0.2, -0.15) is 0 Å². The molecule has 0 saturated heterocycles. The number of amides is 2. The second-order valence-electron chi connectivity index (χ2n) is 5.42. The molecule has 0 saturated carbocycles.